The van der Waals surface area contributed by atoms with Crippen molar-refractivity contribution in [3.05, 3.63) is 58.1 Å². The predicted octanol–water partition coefficient (Wildman–Crippen LogP) is 1.58. The second kappa shape index (κ2) is 8.24. The van der Waals surface area contributed by atoms with E-state index in [1.54, 1.807) is 14.1 Å². The minimum absolute atomic E-state index is 0.0107. The number of anilines is 1. The molecule has 1 saturated heterocycles. The van der Waals surface area contributed by atoms with Crippen LogP contribution in [0.5, 0.6) is 0 Å². The summed E-state index contributed by atoms with van der Waals surface area (Å²) in [5, 5.41) is 10.0. The molecule has 1 aliphatic heterocycles. The van der Waals surface area contributed by atoms with E-state index in [2.05, 4.69) is 16.0 Å². The molecular weight excluding hydrogens is 394 g/mol. The summed E-state index contributed by atoms with van der Waals surface area (Å²) in [5.41, 5.74) is 7.57. The molecule has 2 aromatic heterocycles. The number of nitrogens with two attached hydrogens (primary N) is 1. The Labute approximate surface area is 179 Å². The van der Waals surface area contributed by atoms with E-state index in [0.29, 0.717) is 30.0 Å². The molecule has 9 nitrogen and oxygen atoms in total. The molecule has 3 heterocycles. The summed E-state index contributed by atoms with van der Waals surface area (Å²) in [6.45, 7) is 1.69. The van der Waals surface area contributed by atoms with Crippen molar-refractivity contribution in [3.8, 4) is 6.07 Å². The van der Waals surface area contributed by atoms with E-state index in [4.69, 9.17) is 5.73 Å². The van der Waals surface area contributed by atoms with Gasteiger partial charge in [0.2, 0.25) is 0 Å². The van der Waals surface area contributed by atoms with Gasteiger partial charge in [0.25, 0.3) is 5.56 Å². The van der Waals surface area contributed by atoms with Crippen LogP contribution in [0.4, 0.5) is 10.6 Å². The number of carbonyl (C=O) groups excluding carboxylic acids is 1. The zero-order valence-corrected chi connectivity index (χ0v) is 17.7. The van der Waals surface area contributed by atoms with E-state index < -0.39 is 11.6 Å². The van der Waals surface area contributed by atoms with E-state index in [9.17, 15) is 14.9 Å². The first-order valence-corrected chi connectivity index (χ1v) is 10.2. The topological polar surface area (TPSA) is 113 Å². The molecule has 31 heavy (non-hydrogen) atoms. The van der Waals surface area contributed by atoms with Gasteiger partial charge in [0.15, 0.2) is 0 Å². The zero-order valence-electron chi connectivity index (χ0n) is 17.7. The molecule has 1 unspecified atom stereocenters. The van der Waals surface area contributed by atoms with Crippen molar-refractivity contribution < 1.29 is 4.79 Å². The summed E-state index contributed by atoms with van der Waals surface area (Å²) in [6.07, 6.45) is 3.02. The van der Waals surface area contributed by atoms with Crippen LogP contribution < -0.4 is 16.2 Å². The summed E-state index contributed by atoms with van der Waals surface area (Å²) in [6, 6.07) is 11.4. The highest BCUT2D eigenvalue weighted by Crippen LogP contribution is 2.32. The van der Waals surface area contributed by atoms with Crippen LogP contribution in [0.1, 0.15) is 24.0 Å². The van der Waals surface area contributed by atoms with Crippen LogP contribution in [0.25, 0.3) is 11.0 Å². The van der Waals surface area contributed by atoms with Crippen LogP contribution in [-0.4, -0.2) is 58.3 Å². The zero-order chi connectivity index (χ0) is 22.1. The van der Waals surface area contributed by atoms with Gasteiger partial charge in [0, 0.05) is 39.8 Å². The van der Waals surface area contributed by atoms with Crippen molar-refractivity contribution in [3.63, 3.8) is 0 Å². The average molecular weight is 419 g/mol. The summed E-state index contributed by atoms with van der Waals surface area (Å²) < 4.78 is 2.80. The number of nitrogens with zero attached hydrogens (tertiary/aromatic N) is 6. The minimum Gasteiger partial charge on any atom is -0.355 e. The number of aromatic nitrogens is 3. The van der Waals surface area contributed by atoms with E-state index in [1.165, 1.54) is 11.2 Å². The largest absolute Gasteiger partial charge is 0.355 e. The predicted molar refractivity (Wildman–Crippen MR) is 118 cm³/mol. The van der Waals surface area contributed by atoms with Gasteiger partial charge in [-0.2, -0.15) is 5.26 Å². The first kappa shape index (κ1) is 20.6. The van der Waals surface area contributed by atoms with Gasteiger partial charge in [0.05, 0.1) is 0 Å². The van der Waals surface area contributed by atoms with E-state index in [-0.39, 0.29) is 11.6 Å². The number of rotatable bonds is 3. The molecule has 1 amide bonds. The van der Waals surface area contributed by atoms with Crippen molar-refractivity contribution in [2.24, 2.45) is 5.73 Å². The molecule has 9 heteroatoms. The average Bonchev–Trinajstić information content (AvgIpc) is 3.08. The minimum atomic E-state index is -0.497. The number of hydrogen-bond acceptors (Lipinski definition) is 6. The van der Waals surface area contributed by atoms with Gasteiger partial charge in [0.1, 0.15) is 34.8 Å². The Kier molecular flexibility index (Phi) is 5.48. The highest BCUT2D eigenvalue weighted by Gasteiger charge is 2.29. The van der Waals surface area contributed by atoms with Crippen molar-refractivity contribution in [2.75, 3.05) is 32.1 Å². The fourth-order valence-corrected chi connectivity index (χ4v) is 4.12. The third-order valence-electron chi connectivity index (χ3n) is 5.58. The number of piperidine rings is 1. The van der Waals surface area contributed by atoms with Gasteiger partial charge in [-0.05, 0) is 18.4 Å². The number of nitriles is 1. The third-order valence-corrected chi connectivity index (χ3v) is 5.58. The lowest BCUT2D eigenvalue weighted by Crippen LogP contribution is -2.44. The third kappa shape index (κ3) is 3.66. The molecule has 160 valence electrons. The summed E-state index contributed by atoms with van der Waals surface area (Å²) in [7, 11) is 3.15. The van der Waals surface area contributed by atoms with Crippen LogP contribution in [0.15, 0.2) is 41.5 Å². The highest BCUT2D eigenvalue weighted by atomic mass is 16.2. The van der Waals surface area contributed by atoms with Gasteiger partial charge < -0.3 is 20.1 Å². The SMILES string of the molecule is CN(C)C(=O)n1cnc2c(C#N)c(N3CCCC(N)C3)n(Cc3ccccc3)c2c1=O. The van der Waals surface area contributed by atoms with Crippen LogP contribution >= 0.6 is 0 Å². The number of amides is 1. The Morgan fingerprint density at radius 1 is 1.32 bits per heavy atom. The molecule has 1 atom stereocenters. The molecule has 0 bridgehead atoms. The maximum atomic E-state index is 13.4. The standard InChI is InChI=1S/C22H25N7O2/c1-26(2)22(31)29-14-25-18-17(11-23)20(27-10-6-9-16(24)13-27)28(19(18)21(29)30)12-15-7-4-3-5-8-15/h3-5,7-8,14,16H,6,9-10,12-13,24H2,1-2H3. The van der Waals surface area contributed by atoms with Crippen LogP contribution in [0.2, 0.25) is 0 Å². The molecule has 1 fully saturated rings. The first-order valence-electron chi connectivity index (χ1n) is 10.2. The van der Waals surface area contributed by atoms with Crippen molar-refractivity contribution in [1.82, 2.24) is 19.0 Å². The molecule has 2 N–H and O–H groups in total. The number of hydrogen-bond donors (Lipinski definition) is 1. The van der Waals surface area contributed by atoms with Crippen molar-refractivity contribution in [2.45, 2.75) is 25.4 Å². The van der Waals surface area contributed by atoms with Gasteiger partial charge in [-0.1, -0.05) is 30.3 Å². The van der Waals surface area contributed by atoms with Crippen LogP contribution in [0.3, 0.4) is 0 Å². The van der Waals surface area contributed by atoms with Gasteiger partial charge >= 0.3 is 6.03 Å². The highest BCUT2D eigenvalue weighted by molar-refractivity contribution is 5.91. The number of carbonyl (C=O) groups is 1. The van der Waals surface area contributed by atoms with Gasteiger partial charge in [-0.3, -0.25) is 4.79 Å². The number of benzene rings is 1. The maximum Gasteiger partial charge on any atom is 0.331 e. The second-order valence-corrected chi connectivity index (χ2v) is 8.02. The fraction of sp³-hybridized carbons (Fsp3) is 0.364. The smallest absolute Gasteiger partial charge is 0.331 e. The maximum absolute atomic E-state index is 13.4. The number of fused-ring (bicyclic) bond motifs is 1. The molecule has 1 aliphatic rings. The Morgan fingerprint density at radius 3 is 2.71 bits per heavy atom. The van der Waals surface area contributed by atoms with Gasteiger partial charge in [-0.25, -0.2) is 14.3 Å². The summed E-state index contributed by atoms with van der Waals surface area (Å²) in [4.78, 5) is 33.7. The summed E-state index contributed by atoms with van der Waals surface area (Å²) in [5.74, 6) is 0.635. The van der Waals surface area contributed by atoms with E-state index in [0.717, 1.165) is 29.5 Å². The van der Waals surface area contributed by atoms with Crippen LogP contribution in [-0.2, 0) is 6.54 Å². The normalized spacial score (nSPS) is 16.3. The molecule has 4 rings (SSSR count). The molecule has 1 aromatic carbocycles. The Bertz CT molecular complexity index is 1220. The van der Waals surface area contributed by atoms with E-state index in [1.807, 2.05) is 34.9 Å². The lowest BCUT2D eigenvalue weighted by Gasteiger charge is -2.33. The lowest BCUT2D eigenvalue weighted by molar-refractivity contribution is 0.218. The summed E-state index contributed by atoms with van der Waals surface area (Å²) >= 11 is 0. The quantitative estimate of drug-likeness (QED) is 0.690. The molecule has 0 spiro atoms. The molecule has 0 saturated carbocycles. The molecule has 0 radical (unpaired) electrons. The van der Waals surface area contributed by atoms with E-state index >= 15 is 0 Å². The Hall–Kier alpha value is -3.64. The molecular formula is C22H25N7O2. The lowest BCUT2D eigenvalue weighted by atomic mass is 10.1. The van der Waals surface area contributed by atoms with Crippen LogP contribution in [0, 0.1) is 11.3 Å². The Morgan fingerprint density at radius 2 is 2.06 bits per heavy atom. The Balaban J connectivity index is 2.01. The monoisotopic (exact) mass is 419 g/mol. The van der Waals surface area contributed by atoms with Crippen molar-refractivity contribution >= 4 is 22.9 Å². The second-order valence-electron chi connectivity index (χ2n) is 8.02. The fourth-order valence-electron chi connectivity index (χ4n) is 4.12. The van der Waals surface area contributed by atoms with Gasteiger partial charge in [-0.15, -0.1) is 0 Å². The first-order chi connectivity index (χ1) is 14.9. The van der Waals surface area contributed by atoms with Crippen molar-refractivity contribution in [1.29, 1.82) is 5.26 Å². The molecule has 0 aliphatic carbocycles. The molecule has 3 aromatic rings.